The molecule has 0 aliphatic rings. The minimum Gasteiger partial charge on any atom is -0.376 e. The number of benzene rings is 2. The molecule has 0 bridgehead atoms. The molecule has 0 spiro atoms. The van der Waals surface area contributed by atoms with Crippen molar-refractivity contribution in [2.45, 2.75) is 13.0 Å². The van der Waals surface area contributed by atoms with E-state index in [1.807, 2.05) is 37.3 Å². The summed E-state index contributed by atoms with van der Waals surface area (Å²) < 4.78 is 13.1. The number of rotatable bonds is 3. The van der Waals surface area contributed by atoms with E-state index in [0.29, 0.717) is 5.69 Å². The molecule has 0 aliphatic heterocycles. The third-order valence-electron chi connectivity index (χ3n) is 2.67. The Morgan fingerprint density at radius 2 is 1.61 bits per heavy atom. The molecule has 2 aromatic rings. The van der Waals surface area contributed by atoms with E-state index in [-0.39, 0.29) is 16.1 Å². The Kier molecular flexibility index (Phi) is 4.10. The standard InChI is InChI=1S/C14H12Cl2FN/c1-9(10-5-3-2-4-6-10)18-14-12(15)7-11(17)8-13(14)16/h2-9,18H,1H3. The van der Waals surface area contributed by atoms with Gasteiger partial charge in [0.2, 0.25) is 0 Å². The molecule has 0 amide bonds. The van der Waals surface area contributed by atoms with Crippen molar-refractivity contribution < 1.29 is 4.39 Å². The van der Waals surface area contributed by atoms with Crippen molar-refractivity contribution in [1.29, 1.82) is 0 Å². The van der Waals surface area contributed by atoms with Crippen LogP contribution in [0.15, 0.2) is 42.5 Å². The summed E-state index contributed by atoms with van der Waals surface area (Å²) in [6.07, 6.45) is 0. The van der Waals surface area contributed by atoms with Gasteiger partial charge in [0.25, 0.3) is 0 Å². The second-order valence-corrected chi connectivity index (χ2v) is 4.84. The third kappa shape index (κ3) is 2.95. The predicted octanol–water partition coefficient (Wildman–Crippen LogP) is 5.31. The van der Waals surface area contributed by atoms with E-state index < -0.39 is 5.82 Å². The second-order valence-electron chi connectivity index (χ2n) is 4.02. The van der Waals surface area contributed by atoms with Crippen LogP contribution in [0.5, 0.6) is 0 Å². The SMILES string of the molecule is CC(Nc1c(Cl)cc(F)cc1Cl)c1ccccc1. The summed E-state index contributed by atoms with van der Waals surface area (Å²) in [7, 11) is 0. The lowest BCUT2D eigenvalue weighted by atomic mass is 10.1. The van der Waals surface area contributed by atoms with Crippen molar-refractivity contribution in [3.8, 4) is 0 Å². The molecule has 94 valence electrons. The van der Waals surface area contributed by atoms with E-state index in [2.05, 4.69) is 5.32 Å². The minimum atomic E-state index is -0.442. The average molecular weight is 284 g/mol. The first-order chi connectivity index (χ1) is 8.58. The molecule has 0 saturated carbocycles. The number of hydrogen-bond donors (Lipinski definition) is 1. The van der Waals surface area contributed by atoms with E-state index >= 15 is 0 Å². The Labute approximate surface area is 116 Å². The second kappa shape index (κ2) is 5.59. The Balaban J connectivity index is 2.25. The maximum atomic E-state index is 13.1. The number of anilines is 1. The molecule has 0 fully saturated rings. The normalized spacial score (nSPS) is 12.2. The van der Waals surface area contributed by atoms with Gasteiger partial charge in [-0.15, -0.1) is 0 Å². The van der Waals surface area contributed by atoms with Crippen LogP contribution in [0, 0.1) is 5.82 Å². The molecule has 18 heavy (non-hydrogen) atoms. The van der Waals surface area contributed by atoms with Crippen LogP contribution in [-0.4, -0.2) is 0 Å². The Morgan fingerprint density at radius 3 is 2.17 bits per heavy atom. The van der Waals surface area contributed by atoms with Crippen LogP contribution in [-0.2, 0) is 0 Å². The monoisotopic (exact) mass is 283 g/mol. The van der Waals surface area contributed by atoms with Crippen molar-refractivity contribution in [2.75, 3.05) is 5.32 Å². The molecular formula is C14H12Cl2FN. The van der Waals surface area contributed by atoms with Crippen LogP contribution < -0.4 is 5.32 Å². The van der Waals surface area contributed by atoms with Crippen molar-refractivity contribution in [3.63, 3.8) is 0 Å². The van der Waals surface area contributed by atoms with Crippen molar-refractivity contribution in [2.24, 2.45) is 0 Å². The summed E-state index contributed by atoms with van der Waals surface area (Å²) in [6, 6.07) is 12.4. The van der Waals surface area contributed by atoms with Crippen LogP contribution >= 0.6 is 23.2 Å². The molecule has 2 rings (SSSR count). The first-order valence-corrected chi connectivity index (χ1v) is 6.29. The molecule has 4 heteroatoms. The Bertz CT molecular complexity index is 520. The lowest BCUT2D eigenvalue weighted by Gasteiger charge is -2.18. The molecule has 1 unspecified atom stereocenters. The molecule has 1 atom stereocenters. The Hall–Kier alpha value is -1.25. The van der Waals surface area contributed by atoms with Crippen LogP contribution in [0.2, 0.25) is 10.0 Å². The summed E-state index contributed by atoms with van der Waals surface area (Å²) >= 11 is 12.0. The smallest absolute Gasteiger partial charge is 0.126 e. The number of halogens is 3. The fourth-order valence-electron chi connectivity index (χ4n) is 1.72. The minimum absolute atomic E-state index is 0.0339. The summed E-state index contributed by atoms with van der Waals surface area (Å²) in [4.78, 5) is 0. The molecule has 0 aliphatic carbocycles. The van der Waals surface area contributed by atoms with Gasteiger partial charge in [-0.25, -0.2) is 4.39 Å². The largest absolute Gasteiger partial charge is 0.376 e. The van der Waals surface area contributed by atoms with Crippen molar-refractivity contribution >= 4 is 28.9 Å². The van der Waals surface area contributed by atoms with Gasteiger partial charge in [0.15, 0.2) is 0 Å². The maximum Gasteiger partial charge on any atom is 0.126 e. The van der Waals surface area contributed by atoms with E-state index in [1.165, 1.54) is 12.1 Å². The van der Waals surface area contributed by atoms with Gasteiger partial charge >= 0.3 is 0 Å². The molecule has 1 nitrogen and oxygen atoms in total. The zero-order chi connectivity index (χ0) is 13.1. The highest BCUT2D eigenvalue weighted by Crippen LogP contribution is 2.33. The van der Waals surface area contributed by atoms with E-state index in [9.17, 15) is 4.39 Å². The van der Waals surface area contributed by atoms with Crippen LogP contribution in [0.3, 0.4) is 0 Å². The quantitative estimate of drug-likeness (QED) is 0.805. The first kappa shape index (κ1) is 13.2. The molecule has 1 N–H and O–H groups in total. The lowest BCUT2D eigenvalue weighted by molar-refractivity contribution is 0.628. The maximum absolute atomic E-state index is 13.1. The Morgan fingerprint density at radius 1 is 1.06 bits per heavy atom. The van der Waals surface area contributed by atoms with Gasteiger partial charge in [0.1, 0.15) is 5.82 Å². The fraction of sp³-hybridized carbons (Fsp3) is 0.143. The van der Waals surface area contributed by atoms with Crippen LogP contribution in [0.1, 0.15) is 18.5 Å². The fourth-order valence-corrected chi connectivity index (χ4v) is 2.29. The van der Waals surface area contributed by atoms with Gasteiger partial charge in [-0.1, -0.05) is 53.5 Å². The van der Waals surface area contributed by atoms with E-state index in [4.69, 9.17) is 23.2 Å². The van der Waals surface area contributed by atoms with Crippen LogP contribution in [0.25, 0.3) is 0 Å². The van der Waals surface area contributed by atoms with Crippen LogP contribution in [0.4, 0.5) is 10.1 Å². The highest BCUT2D eigenvalue weighted by molar-refractivity contribution is 6.39. The van der Waals surface area contributed by atoms with Gasteiger partial charge in [-0.05, 0) is 24.6 Å². The highest BCUT2D eigenvalue weighted by atomic mass is 35.5. The molecular weight excluding hydrogens is 272 g/mol. The van der Waals surface area contributed by atoms with E-state index in [0.717, 1.165) is 5.56 Å². The zero-order valence-corrected chi connectivity index (χ0v) is 11.3. The van der Waals surface area contributed by atoms with Crippen molar-refractivity contribution in [1.82, 2.24) is 0 Å². The van der Waals surface area contributed by atoms with Gasteiger partial charge in [0.05, 0.1) is 15.7 Å². The zero-order valence-electron chi connectivity index (χ0n) is 9.75. The van der Waals surface area contributed by atoms with Gasteiger partial charge in [0, 0.05) is 6.04 Å². The molecule has 0 heterocycles. The van der Waals surface area contributed by atoms with Crippen molar-refractivity contribution in [3.05, 3.63) is 63.9 Å². The summed E-state index contributed by atoms with van der Waals surface area (Å²) in [5.41, 5.74) is 1.66. The summed E-state index contributed by atoms with van der Waals surface area (Å²) in [5.74, 6) is -0.442. The summed E-state index contributed by atoms with van der Waals surface area (Å²) in [5, 5.41) is 3.75. The average Bonchev–Trinajstić information content (AvgIpc) is 2.34. The van der Waals surface area contributed by atoms with Gasteiger partial charge in [-0.2, -0.15) is 0 Å². The molecule has 0 aromatic heterocycles. The summed E-state index contributed by atoms with van der Waals surface area (Å²) in [6.45, 7) is 1.99. The molecule has 0 saturated heterocycles. The lowest BCUT2D eigenvalue weighted by Crippen LogP contribution is -2.07. The van der Waals surface area contributed by atoms with E-state index in [1.54, 1.807) is 0 Å². The third-order valence-corrected chi connectivity index (χ3v) is 3.26. The van der Waals surface area contributed by atoms with Gasteiger partial charge < -0.3 is 5.32 Å². The topological polar surface area (TPSA) is 12.0 Å². The first-order valence-electron chi connectivity index (χ1n) is 5.54. The van der Waals surface area contributed by atoms with Gasteiger partial charge in [-0.3, -0.25) is 0 Å². The predicted molar refractivity (Wildman–Crippen MR) is 74.9 cm³/mol. The molecule has 0 radical (unpaired) electrons. The number of hydrogen-bond acceptors (Lipinski definition) is 1. The number of nitrogens with one attached hydrogen (secondary N) is 1. The highest BCUT2D eigenvalue weighted by Gasteiger charge is 2.12. The molecule has 2 aromatic carbocycles.